The maximum absolute atomic E-state index is 11.9. The van der Waals surface area contributed by atoms with E-state index in [0.717, 1.165) is 10.6 Å². The molecule has 0 saturated heterocycles. The minimum Gasteiger partial charge on any atom is -0.497 e. The third-order valence-corrected chi connectivity index (χ3v) is 4.24. The molecule has 1 aromatic rings. The van der Waals surface area contributed by atoms with Crippen LogP contribution in [0.25, 0.3) is 0 Å². The van der Waals surface area contributed by atoms with E-state index in [-0.39, 0.29) is 17.6 Å². The third-order valence-electron chi connectivity index (χ3n) is 3.22. The molecule has 0 aromatic heterocycles. The summed E-state index contributed by atoms with van der Waals surface area (Å²) in [5, 5.41) is 11.7. The highest BCUT2D eigenvalue weighted by Crippen LogP contribution is 2.21. The normalized spacial score (nSPS) is 13.3. The summed E-state index contributed by atoms with van der Waals surface area (Å²) in [6.07, 6.45) is 0.697. The van der Waals surface area contributed by atoms with Crippen LogP contribution in [0.3, 0.4) is 0 Å². The minimum atomic E-state index is -0.993. The molecule has 0 bridgehead atoms. The summed E-state index contributed by atoms with van der Waals surface area (Å²) in [5.41, 5.74) is 0. The fourth-order valence-electron chi connectivity index (χ4n) is 1.72. The van der Waals surface area contributed by atoms with Crippen LogP contribution >= 0.6 is 11.8 Å². The minimum absolute atomic E-state index is 0.0996. The number of aliphatic carboxylic acids is 1. The second-order valence-electron chi connectivity index (χ2n) is 4.73. The van der Waals surface area contributed by atoms with Crippen molar-refractivity contribution in [2.24, 2.45) is 5.92 Å². The Kier molecular flexibility index (Phi) is 7.08. The van der Waals surface area contributed by atoms with Crippen molar-refractivity contribution in [1.82, 2.24) is 5.32 Å². The SMILES string of the molecule is CCC(C)C(NC(=O)CSc1ccc(OC)cc1)C(=O)O. The molecule has 0 aliphatic heterocycles. The van der Waals surface area contributed by atoms with Crippen LogP contribution in [-0.4, -0.2) is 35.9 Å². The van der Waals surface area contributed by atoms with Crippen molar-refractivity contribution in [3.05, 3.63) is 24.3 Å². The average molecular weight is 311 g/mol. The van der Waals surface area contributed by atoms with Crippen molar-refractivity contribution >= 4 is 23.6 Å². The number of nitrogens with one attached hydrogen (secondary N) is 1. The molecule has 5 nitrogen and oxygen atoms in total. The molecule has 0 aliphatic carbocycles. The van der Waals surface area contributed by atoms with Gasteiger partial charge in [-0.25, -0.2) is 4.79 Å². The van der Waals surface area contributed by atoms with Gasteiger partial charge in [0.05, 0.1) is 12.9 Å². The zero-order chi connectivity index (χ0) is 15.8. The number of hydrogen-bond acceptors (Lipinski definition) is 4. The Labute approximate surface area is 129 Å². The van der Waals surface area contributed by atoms with Crippen LogP contribution in [0.1, 0.15) is 20.3 Å². The molecule has 6 heteroatoms. The largest absolute Gasteiger partial charge is 0.497 e. The first kappa shape index (κ1) is 17.4. The number of amides is 1. The molecule has 0 heterocycles. The third kappa shape index (κ3) is 5.67. The zero-order valence-corrected chi connectivity index (χ0v) is 13.3. The van der Waals surface area contributed by atoms with Crippen molar-refractivity contribution in [3.63, 3.8) is 0 Å². The van der Waals surface area contributed by atoms with Gasteiger partial charge in [-0.1, -0.05) is 20.3 Å². The van der Waals surface area contributed by atoms with Crippen LogP contribution in [0.4, 0.5) is 0 Å². The monoisotopic (exact) mass is 311 g/mol. The number of carbonyl (C=O) groups excluding carboxylic acids is 1. The van der Waals surface area contributed by atoms with Crippen LogP contribution in [0.2, 0.25) is 0 Å². The van der Waals surface area contributed by atoms with Crippen molar-refractivity contribution in [2.75, 3.05) is 12.9 Å². The molecule has 1 aromatic carbocycles. The van der Waals surface area contributed by atoms with Gasteiger partial charge in [0, 0.05) is 4.90 Å². The summed E-state index contributed by atoms with van der Waals surface area (Å²) in [7, 11) is 1.59. The Hall–Kier alpha value is -1.69. The lowest BCUT2D eigenvalue weighted by Crippen LogP contribution is -2.45. The molecule has 0 saturated carbocycles. The van der Waals surface area contributed by atoms with Gasteiger partial charge in [-0.2, -0.15) is 0 Å². The molecule has 1 rings (SSSR count). The molecule has 0 aliphatic rings. The summed E-state index contributed by atoms with van der Waals surface area (Å²) in [6.45, 7) is 3.72. The molecule has 1 amide bonds. The number of ether oxygens (including phenoxy) is 1. The highest BCUT2D eigenvalue weighted by atomic mass is 32.2. The van der Waals surface area contributed by atoms with E-state index in [4.69, 9.17) is 9.84 Å². The fraction of sp³-hybridized carbons (Fsp3) is 0.467. The Balaban J connectivity index is 2.50. The quantitative estimate of drug-likeness (QED) is 0.721. The van der Waals surface area contributed by atoms with Gasteiger partial charge in [-0.3, -0.25) is 4.79 Å². The second kappa shape index (κ2) is 8.56. The number of methoxy groups -OCH3 is 1. The summed E-state index contributed by atoms with van der Waals surface area (Å²) < 4.78 is 5.06. The van der Waals surface area contributed by atoms with E-state index in [1.54, 1.807) is 7.11 Å². The van der Waals surface area contributed by atoms with Crippen LogP contribution < -0.4 is 10.1 Å². The number of carboxylic acid groups (broad SMARTS) is 1. The molecule has 2 unspecified atom stereocenters. The summed E-state index contributed by atoms with van der Waals surface area (Å²) in [5.74, 6) is -0.424. The number of rotatable bonds is 8. The number of carboxylic acids is 1. The van der Waals surface area contributed by atoms with E-state index in [1.807, 2.05) is 38.1 Å². The first-order valence-corrected chi connectivity index (χ1v) is 7.75. The highest BCUT2D eigenvalue weighted by Gasteiger charge is 2.25. The standard InChI is InChI=1S/C15H21NO4S/c1-4-10(2)14(15(18)19)16-13(17)9-21-12-7-5-11(20-3)6-8-12/h5-8,10,14H,4,9H2,1-3H3,(H,16,17)(H,18,19). The molecule has 2 atom stereocenters. The zero-order valence-electron chi connectivity index (χ0n) is 12.5. The molecule has 0 radical (unpaired) electrons. The molecule has 2 N–H and O–H groups in total. The fourth-order valence-corrected chi connectivity index (χ4v) is 2.43. The molecular weight excluding hydrogens is 290 g/mol. The van der Waals surface area contributed by atoms with Crippen LogP contribution in [0.5, 0.6) is 5.75 Å². The molecule has 116 valence electrons. The van der Waals surface area contributed by atoms with E-state index in [1.165, 1.54) is 11.8 Å². The van der Waals surface area contributed by atoms with Crippen LogP contribution in [0.15, 0.2) is 29.2 Å². The van der Waals surface area contributed by atoms with Gasteiger partial charge in [-0.15, -0.1) is 11.8 Å². The van der Waals surface area contributed by atoms with Crippen LogP contribution in [-0.2, 0) is 9.59 Å². The summed E-state index contributed by atoms with van der Waals surface area (Å²) in [6, 6.07) is 6.53. The lowest BCUT2D eigenvalue weighted by Gasteiger charge is -2.19. The van der Waals surface area contributed by atoms with Crippen LogP contribution in [0, 0.1) is 5.92 Å². The first-order chi connectivity index (χ1) is 9.97. The van der Waals surface area contributed by atoms with Gasteiger partial charge < -0.3 is 15.2 Å². The maximum atomic E-state index is 11.9. The van der Waals surface area contributed by atoms with E-state index in [0.29, 0.717) is 6.42 Å². The van der Waals surface area contributed by atoms with Gasteiger partial charge in [-0.05, 0) is 30.2 Å². The lowest BCUT2D eigenvalue weighted by atomic mass is 9.99. The molecule has 21 heavy (non-hydrogen) atoms. The Morgan fingerprint density at radius 2 is 1.95 bits per heavy atom. The van der Waals surface area contributed by atoms with E-state index in [2.05, 4.69) is 5.32 Å². The van der Waals surface area contributed by atoms with E-state index in [9.17, 15) is 9.59 Å². The van der Waals surface area contributed by atoms with Crippen molar-refractivity contribution in [1.29, 1.82) is 0 Å². The number of carbonyl (C=O) groups is 2. The van der Waals surface area contributed by atoms with Crippen molar-refractivity contribution in [2.45, 2.75) is 31.2 Å². The first-order valence-electron chi connectivity index (χ1n) is 6.77. The Morgan fingerprint density at radius 3 is 2.43 bits per heavy atom. The van der Waals surface area contributed by atoms with Gasteiger partial charge in [0.25, 0.3) is 0 Å². The van der Waals surface area contributed by atoms with Crippen molar-refractivity contribution in [3.8, 4) is 5.75 Å². The smallest absolute Gasteiger partial charge is 0.326 e. The highest BCUT2D eigenvalue weighted by molar-refractivity contribution is 8.00. The average Bonchev–Trinajstić information content (AvgIpc) is 2.50. The second-order valence-corrected chi connectivity index (χ2v) is 5.78. The maximum Gasteiger partial charge on any atom is 0.326 e. The lowest BCUT2D eigenvalue weighted by molar-refractivity contribution is -0.143. The summed E-state index contributed by atoms with van der Waals surface area (Å²) >= 11 is 1.36. The summed E-state index contributed by atoms with van der Waals surface area (Å²) in [4.78, 5) is 23.9. The molecule has 0 fully saturated rings. The molecular formula is C15H21NO4S. The van der Waals surface area contributed by atoms with Gasteiger partial charge in [0.2, 0.25) is 5.91 Å². The van der Waals surface area contributed by atoms with Gasteiger partial charge >= 0.3 is 5.97 Å². The number of hydrogen-bond donors (Lipinski definition) is 2. The van der Waals surface area contributed by atoms with Gasteiger partial charge in [0.1, 0.15) is 11.8 Å². The predicted octanol–water partition coefficient (Wildman–Crippen LogP) is 2.40. The number of thioether (sulfide) groups is 1. The number of benzene rings is 1. The molecule has 0 spiro atoms. The topological polar surface area (TPSA) is 75.6 Å². The van der Waals surface area contributed by atoms with Gasteiger partial charge in [0.15, 0.2) is 0 Å². The van der Waals surface area contributed by atoms with E-state index < -0.39 is 12.0 Å². The van der Waals surface area contributed by atoms with E-state index >= 15 is 0 Å². The van der Waals surface area contributed by atoms with Crippen molar-refractivity contribution < 1.29 is 19.4 Å². The Bertz CT molecular complexity index is 475. The Morgan fingerprint density at radius 1 is 1.33 bits per heavy atom. The predicted molar refractivity (Wildman–Crippen MR) is 82.7 cm³/mol.